The van der Waals surface area contributed by atoms with E-state index >= 15 is 0 Å². The molecule has 0 saturated heterocycles. The van der Waals surface area contributed by atoms with Crippen LogP contribution in [0.3, 0.4) is 0 Å². The average molecular weight is 507 g/mol. The quantitative estimate of drug-likeness (QED) is 0.175. The molecule has 188 valence electrons. The second kappa shape index (κ2) is 9.11. The number of amides is 1. The summed E-state index contributed by atoms with van der Waals surface area (Å²) in [6.07, 6.45) is 5.42. The van der Waals surface area contributed by atoms with Crippen molar-refractivity contribution in [3.63, 3.8) is 0 Å². The molecule has 4 aromatic carbocycles. The molecule has 0 fully saturated rings. The summed E-state index contributed by atoms with van der Waals surface area (Å²) in [7, 11) is 0. The molecule has 1 heterocycles. The molecule has 0 radical (unpaired) electrons. The number of anilines is 2. The van der Waals surface area contributed by atoms with Crippen LogP contribution >= 0.6 is 0 Å². The van der Waals surface area contributed by atoms with Gasteiger partial charge in [0.05, 0.1) is 27.5 Å². The number of allylic oxidation sites excluding steroid dienone is 2. The lowest BCUT2D eigenvalue weighted by atomic mass is 9.75. The Kier molecular flexibility index (Phi) is 5.60. The molecule has 0 spiro atoms. The van der Waals surface area contributed by atoms with E-state index < -0.39 is 27.1 Å². The van der Waals surface area contributed by atoms with E-state index in [1.54, 1.807) is 6.07 Å². The number of hydrogen-bond acceptors (Lipinski definition) is 6. The van der Waals surface area contributed by atoms with Gasteiger partial charge in [0, 0.05) is 29.4 Å². The molecule has 0 unspecified atom stereocenters. The lowest BCUT2D eigenvalue weighted by Gasteiger charge is -2.38. The molecule has 1 amide bonds. The van der Waals surface area contributed by atoms with Crippen molar-refractivity contribution in [2.75, 3.05) is 10.6 Å². The van der Waals surface area contributed by atoms with E-state index in [1.165, 1.54) is 16.3 Å². The summed E-state index contributed by atoms with van der Waals surface area (Å²) >= 11 is 0. The van der Waals surface area contributed by atoms with E-state index in [4.69, 9.17) is 0 Å². The van der Waals surface area contributed by atoms with Crippen molar-refractivity contribution in [1.29, 1.82) is 0 Å². The minimum Gasteiger partial charge on any atom is -0.378 e. The number of fused-ring (bicyclic) bond motifs is 5. The highest BCUT2D eigenvalue weighted by atomic mass is 16.6. The van der Waals surface area contributed by atoms with Crippen molar-refractivity contribution in [2.24, 2.45) is 5.92 Å². The highest BCUT2D eigenvalue weighted by molar-refractivity contribution is 6.05. The van der Waals surface area contributed by atoms with E-state index in [0.29, 0.717) is 11.6 Å². The van der Waals surface area contributed by atoms with Crippen molar-refractivity contribution in [1.82, 2.24) is 0 Å². The van der Waals surface area contributed by atoms with Gasteiger partial charge in [-0.15, -0.1) is 0 Å². The molecule has 2 aliphatic rings. The second-order valence-corrected chi connectivity index (χ2v) is 9.56. The molecule has 9 heteroatoms. The van der Waals surface area contributed by atoms with Gasteiger partial charge in [-0.05, 0) is 52.4 Å². The maximum absolute atomic E-state index is 12.9. The van der Waals surface area contributed by atoms with Crippen LogP contribution in [-0.4, -0.2) is 15.8 Å². The first kappa shape index (κ1) is 23.4. The predicted octanol–water partition coefficient (Wildman–Crippen LogP) is 6.74. The third-order valence-electron chi connectivity index (χ3n) is 7.35. The summed E-state index contributed by atoms with van der Waals surface area (Å²) in [5.41, 5.74) is 2.68. The third-order valence-corrected chi connectivity index (χ3v) is 7.35. The number of benzene rings is 4. The van der Waals surface area contributed by atoms with Crippen LogP contribution in [-0.2, 0) is 0 Å². The molecule has 9 nitrogen and oxygen atoms in total. The van der Waals surface area contributed by atoms with Crippen LogP contribution in [0.4, 0.5) is 22.7 Å². The molecule has 1 aliphatic carbocycles. The Morgan fingerprint density at radius 3 is 2.42 bits per heavy atom. The molecular formula is C29H22N4O5. The van der Waals surface area contributed by atoms with Gasteiger partial charge < -0.3 is 10.6 Å². The molecule has 0 saturated carbocycles. The van der Waals surface area contributed by atoms with Crippen molar-refractivity contribution in [3.05, 3.63) is 128 Å². The number of rotatable bonds is 5. The van der Waals surface area contributed by atoms with E-state index in [-0.39, 0.29) is 17.5 Å². The fourth-order valence-corrected chi connectivity index (χ4v) is 5.66. The van der Waals surface area contributed by atoms with Gasteiger partial charge in [0.2, 0.25) is 0 Å². The summed E-state index contributed by atoms with van der Waals surface area (Å²) < 4.78 is 0. The number of nitrogens with zero attached hydrogens (tertiary/aromatic N) is 2. The van der Waals surface area contributed by atoms with Crippen LogP contribution in [0.25, 0.3) is 10.8 Å². The highest BCUT2D eigenvalue weighted by Crippen LogP contribution is 2.51. The first-order valence-electron chi connectivity index (χ1n) is 12.2. The van der Waals surface area contributed by atoms with Crippen molar-refractivity contribution in [2.45, 2.75) is 18.4 Å². The standard InChI is InChI=1S/C29H22N4O5/c34-29(19-14-21(32(35)36)16-22(15-19)33(37)38)30-20-7-3-6-18(13-20)28-25-10-4-9-24(25)27-23-8-2-1-5-17(23)11-12-26(27)31-28/h1-9,11-16,24-25,28,31H,10H2,(H,30,34)/t24-,25-,28-/m0/s1. The van der Waals surface area contributed by atoms with Gasteiger partial charge in [0.1, 0.15) is 0 Å². The molecule has 38 heavy (non-hydrogen) atoms. The van der Waals surface area contributed by atoms with Crippen LogP contribution < -0.4 is 10.6 Å². The van der Waals surface area contributed by atoms with E-state index in [2.05, 4.69) is 53.1 Å². The average Bonchev–Trinajstić information content (AvgIpc) is 3.42. The second-order valence-electron chi connectivity index (χ2n) is 9.56. The first-order chi connectivity index (χ1) is 18.4. The predicted molar refractivity (Wildman–Crippen MR) is 144 cm³/mol. The smallest absolute Gasteiger partial charge is 0.277 e. The molecule has 0 aromatic heterocycles. The number of nitro benzene ring substituents is 2. The Labute approximate surface area is 217 Å². The van der Waals surface area contributed by atoms with Crippen molar-refractivity contribution >= 4 is 39.4 Å². The number of carbonyl (C=O) groups excluding carboxylic acids is 1. The van der Waals surface area contributed by atoms with Gasteiger partial charge in [-0.25, -0.2) is 0 Å². The number of hydrogen-bond donors (Lipinski definition) is 2. The maximum atomic E-state index is 12.9. The van der Waals surface area contributed by atoms with Crippen LogP contribution in [0.2, 0.25) is 0 Å². The summed E-state index contributed by atoms with van der Waals surface area (Å²) in [5, 5.41) is 31.4. The van der Waals surface area contributed by atoms with Crippen LogP contribution in [0.15, 0.2) is 91.0 Å². The minimum absolute atomic E-state index is 0.000542. The molecule has 3 atom stereocenters. The molecule has 4 aromatic rings. The largest absolute Gasteiger partial charge is 0.378 e. The number of nitro groups is 2. The Balaban J connectivity index is 1.31. The van der Waals surface area contributed by atoms with E-state index in [1.807, 2.05) is 24.3 Å². The summed E-state index contributed by atoms with van der Waals surface area (Å²) in [6, 6.07) is 23.0. The fourth-order valence-electron chi connectivity index (χ4n) is 5.66. The van der Waals surface area contributed by atoms with E-state index in [0.717, 1.165) is 35.9 Å². The highest BCUT2D eigenvalue weighted by Gasteiger charge is 2.38. The monoisotopic (exact) mass is 506 g/mol. The summed E-state index contributed by atoms with van der Waals surface area (Å²) in [4.78, 5) is 33.9. The number of carbonyl (C=O) groups is 1. The Hall–Kier alpha value is -5.05. The van der Waals surface area contributed by atoms with Crippen molar-refractivity contribution in [3.8, 4) is 0 Å². The van der Waals surface area contributed by atoms with Gasteiger partial charge in [-0.3, -0.25) is 25.0 Å². The zero-order chi connectivity index (χ0) is 26.4. The normalized spacial score (nSPS) is 19.3. The van der Waals surface area contributed by atoms with Crippen molar-refractivity contribution < 1.29 is 14.6 Å². The molecular weight excluding hydrogens is 484 g/mol. The molecule has 0 bridgehead atoms. The Morgan fingerprint density at radius 1 is 0.895 bits per heavy atom. The number of non-ortho nitro benzene ring substituents is 2. The van der Waals surface area contributed by atoms with Crippen LogP contribution in [0.5, 0.6) is 0 Å². The minimum atomic E-state index is -0.758. The summed E-state index contributed by atoms with van der Waals surface area (Å²) in [5.74, 6) is -0.118. The zero-order valence-corrected chi connectivity index (χ0v) is 20.0. The molecule has 6 rings (SSSR count). The van der Waals surface area contributed by atoms with Gasteiger partial charge in [-0.1, -0.05) is 54.6 Å². The van der Waals surface area contributed by atoms with Gasteiger partial charge >= 0.3 is 0 Å². The van der Waals surface area contributed by atoms with Gasteiger partial charge in [-0.2, -0.15) is 0 Å². The van der Waals surface area contributed by atoms with Gasteiger partial charge in [0.25, 0.3) is 17.3 Å². The maximum Gasteiger partial charge on any atom is 0.277 e. The lowest BCUT2D eigenvalue weighted by Crippen LogP contribution is -2.29. The lowest BCUT2D eigenvalue weighted by molar-refractivity contribution is -0.394. The topological polar surface area (TPSA) is 127 Å². The Bertz CT molecular complexity index is 1630. The first-order valence-corrected chi connectivity index (χ1v) is 12.2. The molecule has 1 aliphatic heterocycles. The zero-order valence-electron chi connectivity index (χ0n) is 20.0. The fraction of sp³-hybridized carbons (Fsp3) is 0.138. The Morgan fingerprint density at radius 2 is 1.66 bits per heavy atom. The third kappa shape index (κ3) is 4.03. The SMILES string of the molecule is O=C(Nc1cccc([C@@H]2Nc3ccc4ccccc4c3[C@H]3C=CC[C@@H]32)c1)c1cc([N+](=O)[O-])cc([N+](=O)[O-])c1. The van der Waals surface area contributed by atoms with E-state index in [9.17, 15) is 25.0 Å². The van der Waals surface area contributed by atoms with Crippen LogP contribution in [0, 0.1) is 26.1 Å². The van der Waals surface area contributed by atoms with Gasteiger partial charge in [0.15, 0.2) is 0 Å². The van der Waals surface area contributed by atoms with Crippen LogP contribution in [0.1, 0.15) is 39.9 Å². The number of nitrogens with one attached hydrogen (secondary N) is 2. The molecule has 2 N–H and O–H groups in total. The summed E-state index contributed by atoms with van der Waals surface area (Å²) in [6.45, 7) is 0.